The van der Waals surface area contributed by atoms with Gasteiger partial charge >= 0.3 is 0 Å². The lowest BCUT2D eigenvalue weighted by molar-refractivity contribution is 0.978. The molecule has 1 N–H and O–H groups in total. The predicted octanol–water partition coefficient (Wildman–Crippen LogP) is 3.55. The number of hydrogen-bond acceptors (Lipinski definition) is 2. The Labute approximate surface area is 93.5 Å². The van der Waals surface area contributed by atoms with Gasteiger partial charge in [0.05, 0.1) is 5.52 Å². The molecule has 1 aliphatic carbocycles. The predicted molar refractivity (Wildman–Crippen MR) is 64.5 cm³/mol. The maximum Gasteiger partial charge on any atom is 0.0934 e. The van der Waals surface area contributed by atoms with E-state index in [2.05, 4.69) is 35.3 Å². The Morgan fingerprint density at radius 3 is 3.07 bits per heavy atom. The minimum atomic E-state index is 0.750. The van der Waals surface area contributed by atoms with Crippen molar-refractivity contribution in [3.63, 3.8) is 0 Å². The van der Waals surface area contributed by atoms with Crippen molar-refractivity contribution in [1.82, 2.24) is 10.2 Å². The lowest BCUT2D eigenvalue weighted by Crippen LogP contribution is -1.79. The van der Waals surface area contributed by atoms with Crippen LogP contribution in [0.3, 0.4) is 0 Å². The summed E-state index contributed by atoms with van der Waals surface area (Å²) in [4.78, 5) is 1.32. The Hall–Kier alpha value is -0.960. The van der Waals surface area contributed by atoms with Crippen LogP contribution in [0.15, 0.2) is 23.1 Å². The lowest BCUT2D eigenvalue weighted by atomic mass is 10.1. The van der Waals surface area contributed by atoms with Crippen LogP contribution in [0.1, 0.15) is 31.4 Å². The zero-order valence-corrected chi connectivity index (χ0v) is 9.60. The zero-order valence-electron chi connectivity index (χ0n) is 8.79. The Bertz CT molecular complexity index is 485. The normalized spacial score (nSPS) is 16.1. The summed E-state index contributed by atoms with van der Waals surface area (Å²) in [5.74, 6) is 1.87. The summed E-state index contributed by atoms with van der Waals surface area (Å²) >= 11 is 1.87. The van der Waals surface area contributed by atoms with E-state index in [4.69, 9.17) is 0 Å². The van der Waals surface area contributed by atoms with Crippen molar-refractivity contribution in [3.05, 3.63) is 23.9 Å². The number of aromatic nitrogens is 2. The molecule has 1 heterocycles. The van der Waals surface area contributed by atoms with Crippen LogP contribution in [0.2, 0.25) is 0 Å². The second-order valence-corrected chi connectivity index (χ2v) is 5.36. The molecule has 1 aliphatic rings. The van der Waals surface area contributed by atoms with Gasteiger partial charge in [-0.15, -0.1) is 11.8 Å². The first-order valence-corrected chi connectivity index (χ1v) is 6.48. The van der Waals surface area contributed by atoms with E-state index in [-0.39, 0.29) is 0 Å². The summed E-state index contributed by atoms with van der Waals surface area (Å²) in [5, 5.41) is 8.89. The molecule has 0 spiro atoms. The Morgan fingerprint density at radius 2 is 2.33 bits per heavy atom. The fourth-order valence-corrected chi connectivity index (χ4v) is 2.64. The Morgan fingerprint density at radius 1 is 1.47 bits per heavy atom. The van der Waals surface area contributed by atoms with E-state index < -0.39 is 0 Å². The fraction of sp³-hybridized carbons (Fsp3) is 0.417. The van der Waals surface area contributed by atoms with Crippen molar-refractivity contribution in [3.8, 4) is 0 Å². The van der Waals surface area contributed by atoms with E-state index in [9.17, 15) is 0 Å². The molecule has 1 aromatic heterocycles. The van der Waals surface area contributed by atoms with Crippen LogP contribution in [-0.2, 0) is 0 Å². The first-order chi connectivity index (χ1) is 7.38. The van der Waals surface area contributed by atoms with Crippen LogP contribution in [0.25, 0.3) is 10.9 Å². The maximum atomic E-state index is 4.38. The maximum absolute atomic E-state index is 4.38. The largest absolute Gasteiger partial charge is 0.281 e. The number of fused-ring (bicyclic) bond motifs is 1. The standard InChI is InChI=1S/C12H14N2S/c1-2-15-9-5-6-10-11(7-9)13-14-12(10)8-3-4-8/h5-8H,2-4H2,1H3,(H,13,14). The third kappa shape index (κ3) is 1.65. The summed E-state index contributed by atoms with van der Waals surface area (Å²) < 4.78 is 0. The lowest BCUT2D eigenvalue weighted by Gasteiger charge is -1.98. The van der Waals surface area contributed by atoms with Crippen LogP contribution in [0.5, 0.6) is 0 Å². The molecule has 0 bridgehead atoms. The molecule has 0 aliphatic heterocycles. The molecule has 1 aromatic carbocycles. The number of H-pyrrole nitrogens is 1. The smallest absolute Gasteiger partial charge is 0.0934 e. The summed E-state index contributed by atoms with van der Waals surface area (Å²) in [6.45, 7) is 2.18. The number of rotatable bonds is 3. The van der Waals surface area contributed by atoms with Gasteiger partial charge in [0.25, 0.3) is 0 Å². The van der Waals surface area contributed by atoms with Crippen LogP contribution in [-0.4, -0.2) is 16.0 Å². The van der Waals surface area contributed by atoms with Crippen LogP contribution >= 0.6 is 11.8 Å². The number of nitrogens with one attached hydrogen (secondary N) is 1. The average molecular weight is 218 g/mol. The third-order valence-corrected chi connectivity index (χ3v) is 3.73. The molecule has 0 atom stereocenters. The van der Waals surface area contributed by atoms with Gasteiger partial charge in [0.2, 0.25) is 0 Å². The molecule has 15 heavy (non-hydrogen) atoms. The van der Waals surface area contributed by atoms with Crippen LogP contribution in [0.4, 0.5) is 0 Å². The molecule has 0 amide bonds. The second-order valence-electron chi connectivity index (χ2n) is 4.02. The monoisotopic (exact) mass is 218 g/mol. The Kier molecular flexibility index (Phi) is 2.20. The van der Waals surface area contributed by atoms with Gasteiger partial charge in [-0.3, -0.25) is 5.10 Å². The summed E-state index contributed by atoms with van der Waals surface area (Å²) in [7, 11) is 0. The van der Waals surface area contributed by atoms with Gasteiger partial charge in [0.1, 0.15) is 0 Å². The van der Waals surface area contributed by atoms with Crippen molar-refractivity contribution in [1.29, 1.82) is 0 Å². The minimum Gasteiger partial charge on any atom is -0.281 e. The van der Waals surface area contributed by atoms with Crippen molar-refractivity contribution < 1.29 is 0 Å². The van der Waals surface area contributed by atoms with Gasteiger partial charge in [0.15, 0.2) is 0 Å². The molecule has 1 fully saturated rings. The minimum absolute atomic E-state index is 0.750. The van der Waals surface area contributed by atoms with E-state index in [1.807, 2.05) is 11.8 Å². The molecule has 3 rings (SSSR count). The average Bonchev–Trinajstić information content (AvgIpc) is 3.00. The van der Waals surface area contributed by atoms with E-state index in [1.165, 1.54) is 28.8 Å². The van der Waals surface area contributed by atoms with Crippen molar-refractivity contribution in [2.75, 3.05) is 5.75 Å². The molecule has 0 radical (unpaired) electrons. The summed E-state index contributed by atoms with van der Waals surface area (Å²) in [6, 6.07) is 6.61. The van der Waals surface area contributed by atoms with Gasteiger partial charge < -0.3 is 0 Å². The Balaban J connectivity index is 2.05. The van der Waals surface area contributed by atoms with Crippen LogP contribution in [0, 0.1) is 0 Å². The third-order valence-electron chi connectivity index (χ3n) is 2.85. The van der Waals surface area contributed by atoms with E-state index in [0.717, 1.165) is 17.2 Å². The second kappa shape index (κ2) is 3.56. The highest BCUT2D eigenvalue weighted by Gasteiger charge is 2.27. The molecular weight excluding hydrogens is 204 g/mol. The molecule has 2 aromatic rings. The quantitative estimate of drug-likeness (QED) is 0.798. The SMILES string of the molecule is CCSc1ccc2c(C3CC3)[nH]nc2c1. The molecular formula is C12H14N2S. The first kappa shape index (κ1) is 9.28. The van der Waals surface area contributed by atoms with Crippen molar-refractivity contribution in [2.24, 2.45) is 0 Å². The first-order valence-electron chi connectivity index (χ1n) is 5.49. The number of thioether (sulfide) groups is 1. The number of aromatic amines is 1. The van der Waals surface area contributed by atoms with E-state index in [0.29, 0.717) is 0 Å². The number of nitrogens with zero attached hydrogens (tertiary/aromatic N) is 1. The molecule has 0 saturated heterocycles. The van der Waals surface area contributed by atoms with Crippen LogP contribution < -0.4 is 0 Å². The summed E-state index contributed by atoms with van der Waals surface area (Å²) in [5.41, 5.74) is 2.47. The molecule has 2 nitrogen and oxygen atoms in total. The highest BCUT2D eigenvalue weighted by Crippen LogP contribution is 2.42. The van der Waals surface area contributed by atoms with Gasteiger partial charge in [-0.05, 0) is 36.8 Å². The van der Waals surface area contributed by atoms with Gasteiger partial charge in [-0.1, -0.05) is 6.92 Å². The van der Waals surface area contributed by atoms with E-state index in [1.54, 1.807) is 0 Å². The molecule has 78 valence electrons. The molecule has 1 saturated carbocycles. The summed E-state index contributed by atoms with van der Waals surface area (Å²) in [6.07, 6.45) is 2.64. The fourth-order valence-electron chi connectivity index (χ4n) is 1.95. The number of hydrogen-bond donors (Lipinski definition) is 1. The highest BCUT2D eigenvalue weighted by atomic mass is 32.2. The zero-order chi connectivity index (χ0) is 10.3. The van der Waals surface area contributed by atoms with Gasteiger partial charge in [-0.2, -0.15) is 5.10 Å². The van der Waals surface area contributed by atoms with Crippen molar-refractivity contribution in [2.45, 2.75) is 30.6 Å². The topological polar surface area (TPSA) is 28.7 Å². The van der Waals surface area contributed by atoms with E-state index >= 15 is 0 Å². The van der Waals surface area contributed by atoms with Gasteiger partial charge in [0, 0.05) is 21.9 Å². The molecule has 3 heteroatoms. The highest BCUT2D eigenvalue weighted by molar-refractivity contribution is 7.99. The van der Waals surface area contributed by atoms with Crippen molar-refractivity contribution >= 4 is 22.7 Å². The van der Waals surface area contributed by atoms with Gasteiger partial charge in [-0.25, -0.2) is 0 Å². The number of benzene rings is 1. The molecule has 0 unspecified atom stereocenters.